The van der Waals surface area contributed by atoms with Crippen LogP contribution in [0.25, 0.3) is 0 Å². The summed E-state index contributed by atoms with van der Waals surface area (Å²) < 4.78 is 5.82. The van der Waals surface area contributed by atoms with Gasteiger partial charge in [0.1, 0.15) is 0 Å². The van der Waals surface area contributed by atoms with Gasteiger partial charge in [-0.05, 0) is 58.4 Å². The lowest BCUT2D eigenvalue weighted by atomic mass is 9.85. The molecule has 0 aromatic rings. The van der Waals surface area contributed by atoms with Gasteiger partial charge in [0.15, 0.2) is 0 Å². The highest BCUT2D eigenvalue weighted by molar-refractivity contribution is 5.03. The van der Waals surface area contributed by atoms with E-state index >= 15 is 0 Å². The van der Waals surface area contributed by atoms with Crippen molar-refractivity contribution < 1.29 is 9.84 Å². The SMILES string of the molecule is CC1CN(CCC2CCCC2(CO)NC2CC2)CC(C)O1. The normalized spacial score (nSPS) is 41.6. The monoisotopic (exact) mass is 296 g/mol. The Morgan fingerprint density at radius 3 is 2.52 bits per heavy atom. The Labute approximate surface area is 129 Å². The van der Waals surface area contributed by atoms with E-state index in [0.717, 1.165) is 26.1 Å². The van der Waals surface area contributed by atoms with Crippen LogP contribution in [0.1, 0.15) is 52.4 Å². The summed E-state index contributed by atoms with van der Waals surface area (Å²) in [6.07, 6.45) is 8.20. The summed E-state index contributed by atoms with van der Waals surface area (Å²) in [5.41, 5.74) is 0.0185. The molecule has 1 aliphatic heterocycles. The van der Waals surface area contributed by atoms with Gasteiger partial charge in [-0.3, -0.25) is 4.90 Å². The van der Waals surface area contributed by atoms with Crippen LogP contribution in [0, 0.1) is 5.92 Å². The Balaban J connectivity index is 1.53. The van der Waals surface area contributed by atoms with Gasteiger partial charge in [0.05, 0.1) is 18.8 Å². The second-order valence-electron chi connectivity index (χ2n) is 7.63. The quantitative estimate of drug-likeness (QED) is 0.784. The molecule has 4 heteroatoms. The Kier molecular flexibility index (Phi) is 4.89. The van der Waals surface area contributed by atoms with Crippen molar-refractivity contribution in [1.29, 1.82) is 0 Å². The minimum atomic E-state index is 0.0185. The molecule has 0 amide bonds. The average molecular weight is 296 g/mol. The maximum atomic E-state index is 9.99. The van der Waals surface area contributed by atoms with Gasteiger partial charge in [-0.15, -0.1) is 0 Å². The van der Waals surface area contributed by atoms with Crippen molar-refractivity contribution in [1.82, 2.24) is 10.2 Å². The van der Waals surface area contributed by atoms with Gasteiger partial charge in [-0.25, -0.2) is 0 Å². The third-order valence-corrected chi connectivity index (χ3v) is 5.60. The molecule has 122 valence electrons. The highest BCUT2D eigenvalue weighted by Crippen LogP contribution is 2.40. The zero-order chi connectivity index (χ0) is 14.9. The van der Waals surface area contributed by atoms with E-state index in [2.05, 4.69) is 24.1 Å². The van der Waals surface area contributed by atoms with Gasteiger partial charge < -0.3 is 15.2 Å². The number of hydrogen-bond donors (Lipinski definition) is 2. The Morgan fingerprint density at radius 2 is 1.90 bits per heavy atom. The van der Waals surface area contributed by atoms with Crippen LogP contribution in [0.15, 0.2) is 0 Å². The highest BCUT2D eigenvalue weighted by Gasteiger charge is 2.45. The number of aliphatic hydroxyl groups is 1. The van der Waals surface area contributed by atoms with Crippen molar-refractivity contribution in [3.63, 3.8) is 0 Å². The summed E-state index contributed by atoms with van der Waals surface area (Å²) in [5, 5.41) is 13.8. The summed E-state index contributed by atoms with van der Waals surface area (Å²) in [7, 11) is 0. The number of nitrogens with one attached hydrogen (secondary N) is 1. The first-order chi connectivity index (χ1) is 10.1. The molecule has 0 spiro atoms. The number of ether oxygens (including phenoxy) is 1. The second kappa shape index (κ2) is 6.53. The van der Waals surface area contributed by atoms with Gasteiger partial charge in [-0.1, -0.05) is 6.42 Å². The van der Waals surface area contributed by atoms with Crippen LogP contribution >= 0.6 is 0 Å². The summed E-state index contributed by atoms with van der Waals surface area (Å²) in [6, 6.07) is 0.682. The molecule has 1 heterocycles. The molecular weight excluding hydrogens is 264 g/mol. The summed E-state index contributed by atoms with van der Waals surface area (Å²) in [4.78, 5) is 2.55. The number of hydrogen-bond acceptors (Lipinski definition) is 4. The molecule has 2 N–H and O–H groups in total. The lowest BCUT2D eigenvalue weighted by Crippen LogP contribution is -2.53. The average Bonchev–Trinajstić information content (AvgIpc) is 3.15. The van der Waals surface area contributed by atoms with E-state index in [-0.39, 0.29) is 5.54 Å². The van der Waals surface area contributed by atoms with Gasteiger partial charge in [-0.2, -0.15) is 0 Å². The molecule has 4 atom stereocenters. The second-order valence-corrected chi connectivity index (χ2v) is 7.63. The van der Waals surface area contributed by atoms with Crippen LogP contribution in [0.3, 0.4) is 0 Å². The molecule has 4 unspecified atom stereocenters. The van der Waals surface area contributed by atoms with Crippen molar-refractivity contribution in [2.45, 2.75) is 76.2 Å². The molecule has 0 aromatic heterocycles. The van der Waals surface area contributed by atoms with E-state index < -0.39 is 0 Å². The summed E-state index contributed by atoms with van der Waals surface area (Å²) >= 11 is 0. The van der Waals surface area contributed by atoms with Crippen LogP contribution in [-0.2, 0) is 4.74 Å². The number of nitrogens with zero attached hydrogens (tertiary/aromatic N) is 1. The van der Waals surface area contributed by atoms with Crippen LogP contribution in [0.5, 0.6) is 0 Å². The molecule has 21 heavy (non-hydrogen) atoms. The third-order valence-electron chi connectivity index (χ3n) is 5.60. The predicted molar refractivity (Wildman–Crippen MR) is 84.4 cm³/mol. The first-order valence-corrected chi connectivity index (χ1v) is 8.87. The van der Waals surface area contributed by atoms with Crippen molar-refractivity contribution in [3.8, 4) is 0 Å². The first-order valence-electron chi connectivity index (χ1n) is 8.87. The molecule has 0 aromatic carbocycles. The molecule has 3 aliphatic rings. The molecule has 3 fully saturated rings. The van der Waals surface area contributed by atoms with Crippen molar-refractivity contribution in [2.24, 2.45) is 5.92 Å². The fraction of sp³-hybridized carbons (Fsp3) is 1.00. The predicted octanol–water partition coefficient (Wildman–Crippen LogP) is 1.77. The van der Waals surface area contributed by atoms with E-state index in [1.54, 1.807) is 0 Å². The molecule has 0 radical (unpaired) electrons. The number of rotatable bonds is 6. The largest absolute Gasteiger partial charge is 0.394 e. The lowest BCUT2D eigenvalue weighted by molar-refractivity contribution is -0.0697. The van der Waals surface area contributed by atoms with Crippen LogP contribution in [-0.4, -0.2) is 60.0 Å². The van der Waals surface area contributed by atoms with Crippen molar-refractivity contribution in [2.75, 3.05) is 26.2 Å². The minimum absolute atomic E-state index is 0.0185. The van der Waals surface area contributed by atoms with E-state index in [1.807, 2.05) is 0 Å². The van der Waals surface area contributed by atoms with Gasteiger partial charge in [0, 0.05) is 24.7 Å². The van der Waals surface area contributed by atoms with Gasteiger partial charge in [0.2, 0.25) is 0 Å². The fourth-order valence-electron chi connectivity index (χ4n) is 4.45. The minimum Gasteiger partial charge on any atom is -0.394 e. The Morgan fingerprint density at radius 1 is 1.19 bits per heavy atom. The fourth-order valence-corrected chi connectivity index (χ4v) is 4.45. The van der Waals surface area contributed by atoms with Crippen LogP contribution in [0.4, 0.5) is 0 Å². The highest BCUT2D eigenvalue weighted by atomic mass is 16.5. The maximum absolute atomic E-state index is 9.99. The topological polar surface area (TPSA) is 44.7 Å². The third kappa shape index (κ3) is 3.79. The van der Waals surface area contributed by atoms with E-state index in [9.17, 15) is 5.11 Å². The summed E-state index contributed by atoms with van der Waals surface area (Å²) in [5.74, 6) is 0.636. The van der Waals surface area contributed by atoms with Crippen LogP contribution in [0.2, 0.25) is 0 Å². The standard InChI is InChI=1S/C17H32N2O2/c1-13-10-19(11-14(2)21-13)9-7-15-4-3-8-17(15,12-20)18-16-5-6-16/h13-16,18,20H,3-12H2,1-2H3. The van der Waals surface area contributed by atoms with Gasteiger partial charge >= 0.3 is 0 Å². The zero-order valence-corrected chi connectivity index (χ0v) is 13.7. The van der Waals surface area contributed by atoms with Crippen molar-refractivity contribution >= 4 is 0 Å². The smallest absolute Gasteiger partial charge is 0.0678 e. The molecule has 1 saturated heterocycles. The molecule has 0 bridgehead atoms. The van der Waals surface area contributed by atoms with E-state index in [0.29, 0.717) is 30.8 Å². The number of aliphatic hydroxyl groups excluding tert-OH is 1. The lowest BCUT2D eigenvalue weighted by Gasteiger charge is -2.39. The zero-order valence-electron chi connectivity index (χ0n) is 13.7. The summed E-state index contributed by atoms with van der Waals surface area (Å²) in [6.45, 7) is 7.91. The maximum Gasteiger partial charge on any atom is 0.0678 e. The molecule has 2 aliphatic carbocycles. The molecular formula is C17H32N2O2. The first kappa shape index (κ1) is 15.7. The van der Waals surface area contributed by atoms with Crippen LogP contribution < -0.4 is 5.32 Å². The molecule has 2 saturated carbocycles. The Hall–Kier alpha value is -0.160. The molecule has 4 nitrogen and oxygen atoms in total. The van der Waals surface area contributed by atoms with E-state index in [1.165, 1.54) is 32.1 Å². The van der Waals surface area contributed by atoms with Gasteiger partial charge in [0.25, 0.3) is 0 Å². The number of morpholine rings is 1. The van der Waals surface area contributed by atoms with Crippen molar-refractivity contribution in [3.05, 3.63) is 0 Å². The van der Waals surface area contributed by atoms with E-state index in [4.69, 9.17) is 4.74 Å². The molecule has 3 rings (SSSR count). The Bertz CT molecular complexity index is 338.